The highest BCUT2D eigenvalue weighted by molar-refractivity contribution is 9.10. The quantitative estimate of drug-likeness (QED) is 0.627. The fourth-order valence-corrected chi connectivity index (χ4v) is 3.63. The summed E-state index contributed by atoms with van der Waals surface area (Å²) in [6, 6.07) is 4.34. The average molecular weight is 337 g/mol. The molecule has 0 atom stereocenters. The molecule has 2 N–H and O–H groups in total. The number of rotatable bonds is 6. The van der Waals surface area contributed by atoms with Gasteiger partial charge in [-0.25, -0.2) is 8.42 Å². The van der Waals surface area contributed by atoms with Gasteiger partial charge < -0.3 is 5.73 Å². The lowest BCUT2D eigenvalue weighted by molar-refractivity contribution is -0.385. The van der Waals surface area contributed by atoms with Crippen LogP contribution >= 0.6 is 15.9 Å². The van der Waals surface area contributed by atoms with Crippen LogP contribution < -0.4 is 5.73 Å². The van der Waals surface area contributed by atoms with Crippen LogP contribution in [0.1, 0.15) is 12.0 Å². The van der Waals surface area contributed by atoms with Gasteiger partial charge in [0, 0.05) is 6.07 Å². The number of nitrogens with zero attached hydrogens (tertiary/aromatic N) is 1. The Morgan fingerprint density at radius 3 is 2.61 bits per heavy atom. The fourth-order valence-electron chi connectivity index (χ4n) is 1.43. The molecule has 8 heteroatoms. The van der Waals surface area contributed by atoms with Crippen molar-refractivity contribution < 1.29 is 13.3 Å². The number of hydrogen-bond donors (Lipinski definition) is 1. The highest BCUT2D eigenvalue weighted by Crippen LogP contribution is 2.29. The standard InChI is InChI=1S/C10H13BrN2O4S/c11-10-8(3-1-4-9(10)13(14)15)7-18(16,17)6-2-5-12/h1,3-4H,2,5-7,12H2. The molecule has 0 bridgehead atoms. The molecule has 1 rings (SSSR count). The first-order valence-corrected chi connectivity index (χ1v) is 7.81. The summed E-state index contributed by atoms with van der Waals surface area (Å²) < 4.78 is 23.7. The number of nitrogens with two attached hydrogens (primary N) is 1. The van der Waals surface area contributed by atoms with E-state index < -0.39 is 14.8 Å². The smallest absolute Gasteiger partial charge is 0.283 e. The maximum absolute atomic E-state index is 11.7. The van der Waals surface area contributed by atoms with Crippen molar-refractivity contribution in [2.75, 3.05) is 12.3 Å². The largest absolute Gasteiger partial charge is 0.330 e. The van der Waals surface area contributed by atoms with Crippen molar-refractivity contribution in [1.29, 1.82) is 0 Å². The Morgan fingerprint density at radius 2 is 2.06 bits per heavy atom. The van der Waals surface area contributed by atoms with Crippen molar-refractivity contribution in [2.45, 2.75) is 12.2 Å². The average Bonchev–Trinajstić information content (AvgIpc) is 2.29. The van der Waals surface area contributed by atoms with Gasteiger partial charge in [-0.3, -0.25) is 10.1 Å². The minimum atomic E-state index is -3.29. The van der Waals surface area contributed by atoms with E-state index >= 15 is 0 Å². The molecule has 0 saturated heterocycles. The molecule has 0 aromatic heterocycles. The van der Waals surface area contributed by atoms with Gasteiger partial charge in [0.15, 0.2) is 9.84 Å². The normalized spacial score (nSPS) is 11.4. The second kappa shape index (κ2) is 6.26. The second-order valence-corrected chi connectivity index (χ2v) is 6.72. The van der Waals surface area contributed by atoms with Crippen LogP contribution in [0, 0.1) is 10.1 Å². The van der Waals surface area contributed by atoms with Crippen molar-refractivity contribution in [3.63, 3.8) is 0 Å². The van der Waals surface area contributed by atoms with Crippen LogP contribution in [-0.4, -0.2) is 25.6 Å². The zero-order valence-corrected chi connectivity index (χ0v) is 11.9. The van der Waals surface area contributed by atoms with Gasteiger partial charge in [-0.15, -0.1) is 0 Å². The first kappa shape index (κ1) is 15.1. The predicted molar refractivity (Wildman–Crippen MR) is 72.0 cm³/mol. The fraction of sp³-hybridized carbons (Fsp3) is 0.400. The second-order valence-electron chi connectivity index (χ2n) is 3.74. The van der Waals surface area contributed by atoms with E-state index in [1.54, 1.807) is 6.07 Å². The Hall–Kier alpha value is -0.990. The Labute approximate surface area is 113 Å². The minimum absolute atomic E-state index is 0.0152. The molecule has 0 fully saturated rings. The van der Waals surface area contributed by atoms with E-state index in [1.807, 2.05) is 0 Å². The third-order valence-corrected chi connectivity index (χ3v) is 4.87. The van der Waals surface area contributed by atoms with E-state index in [0.29, 0.717) is 18.5 Å². The molecular formula is C10H13BrN2O4S. The summed E-state index contributed by atoms with van der Waals surface area (Å²) in [6.45, 7) is 0.301. The van der Waals surface area contributed by atoms with Crippen LogP contribution in [0.5, 0.6) is 0 Å². The molecule has 0 aliphatic rings. The van der Waals surface area contributed by atoms with Gasteiger partial charge in [-0.1, -0.05) is 12.1 Å². The van der Waals surface area contributed by atoms with E-state index in [9.17, 15) is 18.5 Å². The number of hydrogen-bond acceptors (Lipinski definition) is 5. The van der Waals surface area contributed by atoms with Gasteiger partial charge in [0.25, 0.3) is 5.69 Å². The Balaban J connectivity index is 2.98. The SMILES string of the molecule is NCCCS(=O)(=O)Cc1cccc([N+](=O)[O-])c1Br. The van der Waals surface area contributed by atoms with E-state index in [-0.39, 0.29) is 21.7 Å². The molecule has 0 saturated carbocycles. The molecule has 0 heterocycles. The molecule has 18 heavy (non-hydrogen) atoms. The first-order chi connectivity index (χ1) is 8.37. The lowest BCUT2D eigenvalue weighted by atomic mass is 10.2. The topological polar surface area (TPSA) is 103 Å². The summed E-state index contributed by atoms with van der Waals surface area (Å²) in [6.07, 6.45) is 0.384. The number of halogens is 1. The summed E-state index contributed by atoms with van der Waals surface area (Å²) in [7, 11) is -3.29. The molecule has 0 amide bonds. The van der Waals surface area contributed by atoms with Gasteiger partial charge in [0.05, 0.1) is 20.9 Å². The third kappa shape index (κ3) is 4.04. The third-order valence-electron chi connectivity index (χ3n) is 2.29. The molecule has 1 aromatic rings. The number of nitro benzene ring substituents is 1. The molecule has 6 nitrogen and oxygen atoms in total. The zero-order chi connectivity index (χ0) is 13.8. The molecule has 0 radical (unpaired) electrons. The summed E-state index contributed by atoms with van der Waals surface area (Å²) in [4.78, 5) is 10.2. The number of nitro groups is 1. The lowest BCUT2D eigenvalue weighted by Gasteiger charge is -2.06. The van der Waals surface area contributed by atoms with Crippen LogP contribution in [0.4, 0.5) is 5.69 Å². The van der Waals surface area contributed by atoms with Gasteiger partial charge >= 0.3 is 0 Å². The monoisotopic (exact) mass is 336 g/mol. The molecule has 100 valence electrons. The van der Waals surface area contributed by atoms with Gasteiger partial charge in [-0.05, 0) is 34.5 Å². The van der Waals surface area contributed by atoms with Crippen molar-refractivity contribution >= 4 is 31.5 Å². The Morgan fingerprint density at radius 1 is 1.39 bits per heavy atom. The first-order valence-electron chi connectivity index (χ1n) is 5.19. The molecule has 0 unspecified atom stereocenters. The van der Waals surface area contributed by atoms with E-state index in [4.69, 9.17) is 5.73 Å². The van der Waals surface area contributed by atoms with Crippen molar-refractivity contribution in [2.24, 2.45) is 5.73 Å². The van der Waals surface area contributed by atoms with Crippen molar-refractivity contribution in [1.82, 2.24) is 0 Å². The maximum Gasteiger partial charge on any atom is 0.283 e. The Bertz CT molecular complexity index is 545. The van der Waals surface area contributed by atoms with Crippen LogP contribution in [0.15, 0.2) is 22.7 Å². The van der Waals surface area contributed by atoms with Crippen molar-refractivity contribution in [3.05, 3.63) is 38.3 Å². The Kier molecular flexibility index (Phi) is 5.24. The summed E-state index contributed by atoms with van der Waals surface area (Å²) in [5.74, 6) is -0.242. The molecule has 0 aliphatic carbocycles. The van der Waals surface area contributed by atoms with Crippen LogP contribution in [0.2, 0.25) is 0 Å². The van der Waals surface area contributed by atoms with Gasteiger partial charge in [-0.2, -0.15) is 0 Å². The minimum Gasteiger partial charge on any atom is -0.330 e. The predicted octanol–water partition coefficient (Wildman–Crippen LogP) is 1.62. The number of sulfone groups is 1. The maximum atomic E-state index is 11.7. The van der Waals surface area contributed by atoms with E-state index in [2.05, 4.69) is 15.9 Å². The number of benzene rings is 1. The summed E-state index contributed by atoms with van der Waals surface area (Å²) >= 11 is 3.07. The van der Waals surface area contributed by atoms with E-state index in [0.717, 1.165) is 0 Å². The summed E-state index contributed by atoms with van der Waals surface area (Å²) in [5, 5.41) is 10.7. The van der Waals surface area contributed by atoms with Crippen LogP contribution in [-0.2, 0) is 15.6 Å². The zero-order valence-electron chi connectivity index (χ0n) is 9.50. The molecule has 0 aliphatic heterocycles. The van der Waals surface area contributed by atoms with Gasteiger partial charge in [0.1, 0.15) is 0 Å². The summed E-state index contributed by atoms with van der Waals surface area (Å²) in [5.41, 5.74) is 5.51. The van der Waals surface area contributed by atoms with Gasteiger partial charge in [0.2, 0.25) is 0 Å². The highest BCUT2D eigenvalue weighted by atomic mass is 79.9. The van der Waals surface area contributed by atoms with E-state index in [1.165, 1.54) is 12.1 Å². The lowest BCUT2D eigenvalue weighted by Crippen LogP contribution is -2.13. The molecular weight excluding hydrogens is 324 g/mol. The van der Waals surface area contributed by atoms with Crippen LogP contribution in [0.3, 0.4) is 0 Å². The molecule has 0 spiro atoms. The van der Waals surface area contributed by atoms with Crippen LogP contribution in [0.25, 0.3) is 0 Å². The molecule has 1 aromatic carbocycles. The highest BCUT2D eigenvalue weighted by Gasteiger charge is 2.19. The van der Waals surface area contributed by atoms with Crippen molar-refractivity contribution in [3.8, 4) is 0 Å².